The van der Waals surface area contributed by atoms with E-state index in [0.29, 0.717) is 12.8 Å². The summed E-state index contributed by atoms with van der Waals surface area (Å²) in [5.74, 6) is -1.14. The first-order valence-corrected chi connectivity index (χ1v) is 8.42. The Morgan fingerprint density at radius 2 is 1.74 bits per heavy atom. The highest BCUT2D eigenvalue weighted by Crippen LogP contribution is 2.03. The Bertz CT molecular complexity index is 635. The number of hydrogen-bond acceptors (Lipinski definition) is 7. The van der Waals surface area contributed by atoms with Gasteiger partial charge in [0.25, 0.3) is 0 Å². The minimum Gasteiger partial charge on any atom is -0.468 e. The second-order valence-corrected chi connectivity index (χ2v) is 5.60. The summed E-state index contributed by atoms with van der Waals surface area (Å²) in [6.45, 7) is 0.000926. The Balaban J connectivity index is 2.09. The van der Waals surface area contributed by atoms with E-state index < -0.39 is 12.1 Å². The van der Waals surface area contributed by atoms with Gasteiger partial charge in [0.05, 0.1) is 20.3 Å². The summed E-state index contributed by atoms with van der Waals surface area (Å²) >= 11 is 0. The second-order valence-electron chi connectivity index (χ2n) is 5.60. The number of ether oxygens (including phenoxy) is 3. The molecule has 0 aromatic heterocycles. The fourth-order valence-corrected chi connectivity index (χ4v) is 1.94. The second kappa shape index (κ2) is 12.3. The number of carbonyl (C=O) groups is 3. The topological polar surface area (TPSA) is 118 Å². The van der Waals surface area contributed by atoms with Crippen molar-refractivity contribution in [3.05, 3.63) is 35.9 Å². The van der Waals surface area contributed by atoms with Gasteiger partial charge in [0.1, 0.15) is 6.54 Å². The monoisotopic (exact) mass is 379 g/mol. The van der Waals surface area contributed by atoms with Crippen LogP contribution in [0.4, 0.5) is 4.79 Å². The van der Waals surface area contributed by atoms with Crippen molar-refractivity contribution in [3.63, 3.8) is 0 Å². The van der Waals surface area contributed by atoms with Crippen LogP contribution in [0.1, 0.15) is 18.4 Å². The third-order valence-electron chi connectivity index (χ3n) is 3.44. The molecule has 1 amide bonds. The molecule has 0 atom stereocenters. The van der Waals surface area contributed by atoms with Crippen LogP contribution >= 0.6 is 0 Å². The average molecular weight is 379 g/mol. The average Bonchev–Trinajstić information content (AvgIpc) is 2.66. The number of aryl methyl sites for hydroxylation is 1. The number of nitrogens with one attached hydrogen (secondary N) is 2. The van der Waals surface area contributed by atoms with Crippen LogP contribution in [-0.4, -0.2) is 62.8 Å². The minimum absolute atomic E-state index is 0.0335. The van der Waals surface area contributed by atoms with E-state index in [9.17, 15) is 14.4 Å². The number of methoxy groups -OCH3 is 1. The fraction of sp³-hybridized carbons (Fsp3) is 0.444. The molecule has 148 valence electrons. The van der Waals surface area contributed by atoms with Gasteiger partial charge in [-0.1, -0.05) is 30.3 Å². The van der Waals surface area contributed by atoms with Crippen LogP contribution in [0.25, 0.3) is 0 Å². The third kappa shape index (κ3) is 9.83. The first-order chi connectivity index (χ1) is 12.9. The number of carbonyl (C=O) groups excluding carboxylic acids is 3. The van der Waals surface area contributed by atoms with Gasteiger partial charge in [-0.05, 0) is 12.0 Å². The first-order valence-electron chi connectivity index (χ1n) is 8.42. The molecule has 0 unspecified atom stereocenters. The Hall–Kier alpha value is -3.10. The highest BCUT2D eigenvalue weighted by atomic mass is 16.6. The number of rotatable bonds is 9. The maximum atomic E-state index is 11.6. The Morgan fingerprint density at radius 3 is 2.41 bits per heavy atom. The number of nitrogens with zero attached hydrogens (tertiary/aromatic N) is 1. The van der Waals surface area contributed by atoms with E-state index in [1.165, 1.54) is 19.1 Å². The smallest absolute Gasteiger partial charge is 0.413 e. The highest BCUT2D eigenvalue weighted by molar-refractivity contribution is 5.93. The number of amides is 1. The summed E-state index contributed by atoms with van der Waals surface area (Å²) in [5.41, 5.74) is 1.06. The van der Waals surface area contributed by atoms with Gasteiger partial charge in [-0.15, -0.1) is 0 Å². The van der Waals surface area contributed by atoms with Crippen LogP contribution in [0.5, 0.6) is 0 Å². The molecule has 0 saturated heterocycles. The van der Waals surface area contributed by atoms with Gasteiger partial charge in [0.15, 0.2) is 0 Å². The summed E-state index contributed by atoms with van der Waals surface area (Å²) in [6, 6.07) is 9.63. The van der Waals surface area contributed by atoms with Crippen LogP contribution < -0.4 is 5.32 Å². The van der Waals surface area contributed by atoms with Gasteiger partial charge >= 0.3 is 18.0 Å². The maximum absolute atomic E-state index is 11.6. The van der Waals surface area contributed by atoms with Crippen molar-refractivity contribution in [2.45, 2.75) is 19.3 Å². The van der Waals surface area contributed by atoms with E-state index in [1.54, 1.807) is 0 Å². The van der Waals surface area contributed by atoms with Crippen LogP contribution in [0.3, 0.4) is 0 Å². The molecule has 0 heterocycles. The van der Waals surface area contributed by atoms with Gasteiger partial charge in [-0.25, -0.2) is 4.79 Å². The van der Waals surface area contributed by atoms with Crippen molar-refractivity contribution in [1.82, 2.24) is 10.2 Å². The number of benzene rings is 1. The first kappa shape index (κ1) is 21.9. The molecule has 0 radical (unpaired) electrons. The molecule has 9 heteroatoms. The van der Waals surface area contributed by atoms with Gasteiger partial charge in [-0.2, -0.15) is 0 Å². The summed E-state index contributed by atoms with van der Waals surface area (Å²) in [5, 5.41) is 9.80. The standard InChI is InChI=1S/C18H25N3O6/c1-21(13-16(23)25-2)17(19)20-18(24)27-12-6-11-26-15(22)10-9-14-7-4-3-5-8-14/h3-5,7-8H,6,9-13H2,1-2H3,(H2,19,20,24). The van der Waals surface area contributed by atoms with E-state index in [4.69, 9.17) is 14.9 Å². The normalized spacial score (nSPS) is 9.85. The van der Waals surface area contributed by atoms with Gasteiger partial charge in [0.2, 0.25) is 5.96 Å². The summed E-state index contributed by atoms with van der Waals surface area (Å²) in [6.07, 6.45) is 0.414. The molecule has 0 aliphatic heterocycles. The molecule has 0 aliphatic rings. The number of guanidine groups is 1. The molecule has 0 saturated carbocycles. The summed E-state index contributed by atoms with van der Waals surface area (Å²) < 4.78 is 14.4. The van der Waals surface area contributed by atoms with E-state index >= 15 is 0 Å². The van der Waals surface area contributed by atoms with Crippen molar-refractivity contribution in [1.29, 1.82) is 5.41 Å². The van der Waals surface area contributed by atoms with Crippen molar-refractivity contribution in [2.24, 2.45) is 0 Å². The molecular weight excluding hydrogens is 354 g/mol. The van der Waals surface area contributed by atoms with Crippen molar-refractivity contribution < 1.29 is 28.6 Å². The molecule has 9 nitrogen and oxygen atoms in total. The van der Waals surface area contributed by atoms with Crippen LogP contribution in [-0.2, 0) is 30.2 Å². The Morgan fingerprint density at radius 1 is 1.07 bits per heavy atom. The molecule has 0 fully saturated rings. The molecule has 1 aromatic carbocycles. The quantitative estimate of drug-likeness (QED) is 0.218. The lowest BCUT2D eigenvalue weighted by Crippen LogP contribution is -2.44. The fourth-order valence-electron chi connectivity index (χ4n) is 1.94. The molecule has 27 heavy (non-hydrogen) atoms. The van der Waals surface area contributed by atoms with Crippen molar-refractivity contribution >= 4 is 24.0 Å². The molecule has 0 spiro atoms. The largest absolute Gasteiger partial charge is 0.468 e. The molecule has 1 aromatic rings. The molecule has 0 aliphatic carbocycles. The predicted molar refractivity (Wildman–Crippen MR) is 97.2 cm³/mol. The van der Waals surface area contributed by atoms with Crippen LogP contribution in [0, 0.1) is 5.41 Å². The van der Waals surface area contributed by atoms with E-state index in [0.717, 1.165) is 5.56 Å². The summed E-state index contributed by atoms with van der Waals surface area (Å²) in [7, 11) is 2.68. The minimum atomic E-state index is -0.827. The van der Waals surface area contributed by atoms with Gasteiger partial charge in [0, 0.05) is 19.9 Å². The molecule has 2 N–H and O–H groups in total. The maximum Gasteiger partial charge on any atom is 0.413 e. The van der Waals surface area contributed by atoms with Gasteiger partial charge in [-0.3, -0.25) is 20.3 Å². The van der Waals surface area contributed by atoms with E-state index in [2.05, 4.69) is 10.1 Å². The number of likely N-dealkylation sites (N-methyl/N-ethyl adjacent to an activating group) is 1. The van der Waals surface area contributed by atoms with Crippen molar-refractivity contribution in [3.8, 4) is 0 Å². The third-order valence-corrected chi connectivity index (χ3v) is 3.44. The lowest BCUT2D eigenvalue weighted by molar-refractivity contribution is -0.144. The summed E-state index contributed by atoms with van der Waals surface area (Å²) in [4.78, 5) is 35.5. The van der Waals surface area contributed by atoms with E-state index in [1.807, 2.05) is 30.3 Å². The van der Waals surface area contributed by atoms with E-state index in [-0.39, 0.29) is 38.1 Å². The predicted octanol–water partition coefficient (Wildman–Crippen LogP) is 1.32. The zero-order chi connectivity index (χ0) is 20.1. The number of hydrogen-bond donors (Lipinski definition) is 2. The zero-order valence-corrected chi connectivity index (χ0v) is 15.5. The van der Waals surface area contributed by atoms with Crippen LogP contribution in [0.2, 0.25) is 0 Å². The van der Waals surface area contributed by atoms with Crippen molar-refractivity contribution in [2.75, 3.05) is 33.9 Å². The lowest BCUT2D eigenvalue weighted by Gasteiger charge is -2.18. The molecular formula is C18H25N3O6. The molecule has 0 bridgehead atoms. The van der Waals surface area contributed by atoms with Crippen LogP contribution in [0.15, 0.2) is 30.3 Å². The number of esters is 2. The number of alkyl carbamates (subject to hydrolysis) is 1. The van der Waals surface area contributed by atoms with Gasteiger partial charge < -0.3 is 19.1 Å². The Labute approximate surface area is 158 Å². The zero-order valence-electron chi connectivity index (χ0n) is 15.5. The molecule has 1 rings (SSSR count). The highest BCUT2D eigenvalue weighted by Gasteiger charge is 2.13. The SMILES string of the molecule is COC(=O)CN(C)C(=N)NC(=O)OCCCOC(=O)CCc1ccccc1. The Kier molecular flexibility index (Phi) is 9.98. The lowest BCUT2D eigenvalue weighted by atomic mass is 10.1.